The fourth-order valence-electron chi connectivity index (χ4n) is 2.51. The highest BCUT2D eigenvalue weighted by Crippen LogP contribution is 2.26. The fraction of sp³-hybridized carbons (Fsp3) is 0.0500. The highest BCUT2D eigenvalue weighted by molar-refractivity contribution is 5.93. The Labute approximate surface area is 146 Å². The maximum Gasteiger partial charge on any atom is 0.228 e. The van der Waals surface area contributed by atoms with E-state index < -0.39 is 0 Å². The zero-order valence-corrected chi connectivity index (χ0v) is 13.7. The van der Waals surface area contributed by atoms with E-state index in [9.17, 15) is 4.79 Å². The molecule has 0 spiro atoms. The third-order valence-electron chi connectivity index (χ3n) is 3.71. The standard InChI is InChI=1S/C20H20N4O/c21-15-9-10-19(18(22)12-15)23-16-7-4-8-17(13-16)24-20(25)11-14-5-2-1-3-6-14/h1-10,12-13,23H,11,21-22H2,(H,24,25). The third-order valence-corrected chi connectivity index (χ3v) is 3.71. The second kappa shape index (κ2) is 7.40. The van der Waals surface area contributed by atoms with Gasteiger partial charge in [-0.2, -0.15) is 0 Å². The molecule has 0 aliphatic rings. The predicted octanol–water partition coefficient (Wildman–Crippen LogP) is 3.78. The predicted molar refractivity (Wildman–Crippen MR) is 104 cm³/mol. The van der Waals surface area contributed by atoms with E-state index in [0.717, 1.165) is 22.6 Å². The molecule has 3 aromatic carbocycles. The molecule has 0 radical (unpaired) electrons. The summed E-state index contributed by atoms with van der Waals surface area (Å²) in [7, 11) is 0. The molecule has 0 bridgehead atoms. The van der Waals surface area contributed by atoms with Crippen LogP contribution in [0.3, 0.4) is 0 Å². The summed E-state index contributed by atoms with van der Waals surface area (Å²) >= 11 is 0. The lowest BCUT2D eigenvalue weighted by Crippen LogP contribution is -2.14. The molecule has 25 heavy (non-hydrogen) atoms. The smallest absolute Gasteiger partial charge is 0.228 e. The van der Waals surface area contributed by atoms with Gasteiger partial charge >= 0.3 is 0 Å². The van der Waals surface area contributed by atoms with E-state index in [4.69, 9.17) is 11.5 Å². The third kappa shape index (κ3) is 4.51. The molecular weight excluding hydrogens is 312 g/mol. The van der Waals surface area contributed by atoms with Gasteiger partial charge in [0.05, 0.1) is 17.8 Å². The lowest BCUT2D eigenvalue weighted by atomic mass is 10.1. The largest absolute Gasteiger partial charge is 0.399 e. The van der Waals surface area contributed by atoms with Crippen LogP contribution in [-0.2, 0) is 11.2 Å². The van der Waals surface area contributed by atoms with Crippen molar-refractivity contribution in [2.24, 2.45) is 0 Å². The summed E-state index contributed by atoms with van der Waals surface area (Å²) in [5.74, 6) is -0.0599. The summed E-state index contributed by atoms with van der Waals surface area (Å²) < 4.78 is 0. The summed E-state index contributed by atoms with van der Waals surface area (Å²) in [6, 6.07) is 22.4. The van der Waals surface area contributed by atoms with Crippen LogP contribution in [0, 0.1) is 0 Å². The van der Waals surface area contributed by atoms with Gasteiger partial charge in [0.2, 0.25) is 5.91 Å². The molecule has 6 N–H and O–H groups in total. The van der Waals surface area contributed by atoms with E-state index in [0.29, 0.717) is 17.8 Å². The molecule has 0 saturated heterocycles. The van der Waals surface area contributed by atoms with Crippen LogP contribution >= 0.6 is 0 Å². The van der Waals surface area contributed by atoms with Gasteiger partial charge in [-0.3, -0.25) is 4.79 Å². The maximum absolute atomic E-state index is 12.2. The fourth-order valence-corrected chi connectivity index (χ4v) is 2.51. The number of benzene rings is 3. The van der Waals surface area contributed by atoms with Crippen molar-refractivity contribution < 1.29 is 4.79 Å². The Balaban J connectivity index is 1.68. The highest BCUT2D eigenvalue weighted by atomic mass is 16.1. The number of anilines is 5. The van der Waals surface area contributed by atoms with Crippen molar-refractivity contribution in [3.05, 3.63) is 78.4 Å². The first kappa shape index (κ1) is 16.4. The van der Waals surface area contributed by atoms with Crippen LogP contribution in [0.25, 0.3) is 0 Å². The van der Waals surface area contributed by atoms with Crippen molar-refractivity contribution in [1.29, 1.82) is 0 Å². The molecule has 3 rings (SSSR count). The molecule has 5 heteroatoms. The van der Waals surface area contributed by atoms with E-state index in [1.807, 2.05) is 60.7 Å². The molecule has 0 unspecified atom stereocenters. The van der Waals surface area contributed by atoms with Crippen LogP contribution in [0.5, 0.6) is 0 Å². The SMILES string of the molecule is Nc1ccc(Nc2cccc(NC(=O)Cc3ccccc3)c2)c(N)c1. The molecule has 5 nitrogen and oxygen atoms in total. The number of carbonyl (C=O) groups is 1. The Morgan fingerprint density at radius 3 is 2.36 bits per heavy atom. The van der Waals surface area contributed by atoms with Crippen LogP contribution in [-0.4, -0.2) is 5.91 Å². The molecule has 126 valence electrons. The zero-order chi connectivity index (χ0) is 17.6. The number of nitrogens with one attached hydrogen (secondary N) is 2. The average Bonchev–Trinajstić information content (AvgIpc) is 2.58. The minimum absolute atomic E-state index is 0.0599. The summed E-state index contributed by atoms with van der Waals surface area (Å²) in [6.07, 6.45) is 0.337. The van der Waals surface area contributed by atoms with E-state index in [-0.39, 0.29) is 5.91 Å². The number of amides is 1. The van der Waals surface area contributed by atoms with Crippen molar-refractivity contribution in [2.45, 2.75) is 6.42 Å². The van der Waals surface area contributed by atoms with Gasteiger partial charge in [-0.1, -0.05) is 36.4 Å². The van der Waals surface area contributed by atoms with Gasteiger partial charge in [0, 0.05) is 17.1 Å². The van der Waals surface area contributed by atoms with E-state index in [2.05, 4.69) is 10.6 Å². The molecule has 1 amide bonds. The van der Waals surface area contributed by atoms with Crippen molar-refractivity contribution >= 4 is 34.3 Å². The topological polar surface area (TPSA) is 93.2 Å². The molecule has 0 aliphatic heterocycles. The minimum Gasteiger partial charge on any atom is -0.399 e. The molecule has 0 saturated carbocycles. The monoisotopic (exact) mass is 332 g/mol. The van der Waals surface area contributed by atoms with Crippen molar-refractivity contribution in [1.82, 2.24) is 0 Å². The van der Waals surface area contributed by atoms with Gasteiger partial charge < -0.3 is 22.1 Å². The van der Waals surface area contributed by atoms with E-state index in [1.165, 1.54) is 0 Å². The van der Waals surface area contributed by atoms with Gasteiger partial charge in [0.25, 0.3) is 0 Å². The van der Waals surface area contributed by atoms with Crippen LogP contribution in [0.15, 0.2) is 72.8 Å². The van der Waals surface area contributed by atoms with Gasteiger partial charge in [-0.05, 0) is 42.0 Å². The Kier molecular flexibility index (Phi) is 4.85. The molecule has 0 aliphatic carbocycles. The van der Waals surface area contributed by atoms with Crippen LogP contribution in [0.2, 0.25) is 0 Å². The van der Waals surface area contributed by atoms with Gasteiger partial charge in [-0.25, -0.2) is 0 Å². The second-order valence-corrected chi connectivity index (χ2v) is 5.76. The maximum atomic E-state index is 12.2. The van der Waals surface area contributed by atoms with Crippen molar-refractivity contribution in [3.8, 4) is 0 Å². The summed E-state index contributed by atoms with van der Waals surface area (Å²) in [5, 5.41) is 6.14. The lowest BCUT2D eigenvalue weighted by Gasteiger charge is -2.12. The second-order valence-electron chi connectivity index (χ2n) is 5.76. The Morgan fingerprint density at radius 1 is 0.840 bits per heavy atom. The first-order chi connectivity index (χ1) is 12.1. The van der Waals surface area contributed by atoms with Crippen LogP contribution in [0.1, 0.15) is 5.56 Å². The molecule has 0 aromatic heterocycles. The van der Waals surface area contributed by atoms with E-state index in [1.54, 1.807) is 12.1 Å². The lowest BCUT2D eigenvalue weighted by molar-refractivity contribution is -0.115. The molecule has 0 fully saturated rings. The average molecular weight is 332 g/mol. The molecular formula is C20H20N4O. The Bertz CT molecular complexity index is 878. The Hall–Kier alpha value is -3.47. The number of carbonyl (C=O) groups excluding carboxylic acids is 1. The summed E-state index contributed by atoms with van der Waals surface area (Å²) in [6.45, 7) is 0. The molecule has 3 aromatic rings. The number of hydrogen-bond acceptors (Lipinski definition) is 4. The normalized spacial score (nSPS) is 10.2. The molecule has 0 atom stereocenters. The first-order valence-electron chi connectivity index (χ1n) is 7.96. The number of hydrogen-bond donors (Lipinski definition) is 4. The van der Waals surface area contributed by atoms with E-state index >= 15 is 0 Å². The van der Waals surface area contributed by atoms with Crippen molar-refractivity contribution in [3.63, 3.8) is 0 Å². The van der Waals surface area contributed by atoms with Crippen molar-refractivity contribution in [2.75, 3.05) is 22.1 Å². The first-order valence-corrected chi connectivity index (χ1v) is 7.96. The van der Waals surface area contributed by atoms with Crippen LogP contribution < -0.4 is 22.1 Å². The Morgan fingerprint density at radius 2 is 1.60 bits per heavy atom. The summed E-state index contributed by atoms with van der Waals surface area (Å²) in [4.78, 5) is 12.2. The molecule has 0 heterocycles. The zero-order valence-electron chi connectivity index (χ0n) is 13.7. The highest BCUT2D eigenvalue weighted by Gasteiger charge is 2.05. The van der Waals surface area contributed by atoms with Gasteiger partial charge in [0.15, 0.2) is 0 Å². The van der Waals surface area contributed by atoms with Gasteiger partial charge in [-0.15, -0.1) is 0 Å². The van der Waals surface area contributed by atoms with Crippen LogP contribution in [0.4, 0.5) is 28.4 Å². The number of nitrogens with two attached hydrogens (primary N) is 2. The van der Waals surface area contributed by atoms with Gasteiger partial charge in [0.1, 0.15) is 0 Å². The number of nitrogen functional groups attached to an aromatic ring is 2. The number of rotatable bonds is 5. The minimum atomic E-state index is -0.0599. The quantitative estimate of drug-likeness (QED) is 0.535. The summed E-state index contributed by atoms with van der Waals surface area (Å²) in [5.41, 5.74) is 16.1.